The Hall–Kier alpha value is -8.59. The molecule has 108 heavy (non-hydrogen) atoms. The molecule has 6 atom stereocenters. The normalized spacial score (nSPS) is 17.2. The van der Waals surface area contributed by atoms with E-state index in [0.717, 1.165) is 45.4 Å². The highest BCUT2D eigenvalue weighted by Gasteiger charge is 2.57. The lowest BCUT2D eigenvalue weighted by atomic mass is 9.75. The molecule has 0 saturated carbocycles. The first kappa shape index (κ1) is 85.0. The third-order valence-corrected chi connectivity index (χ3v) is 20.2. The summed E-state index contributed by atoms with van der Waals surface area (Å²) in [5.41, 5.74) is -7.67. The summed E-state index contributed by atoms with van der Waals surface area (Å²) >= 11 is 0. The molecule has 590 valence electrons. The quantitative estimate of drug-likeness (QED) is 0.00543. The van der Waals surface area contributed by atoms with E-state index in [2.05, 4.69) is 51.6 Å². The number of carbonyl (C=O) groups is 6. The van der Waals surface area contributed by atoms with E-state index in [1.807, 2.05) is 10.6 Å². The first-order chi connectivity index (χ1) is 50.2. The van der Waals surface area contributed by atoms with Gasteiger partial charge < -0.3 is 48.8 Å². The lowest BCUT2D eigenvalue weighted by Crippen LogP contribution is -2.62. The van der Waals surface area contributed by atoms with E-state index in [1.165, 1.54) is 63.5 Å². The third-order valence-electron chi connectivity index (χ3n) is 19.2. The summed E-state index contributed by atoms with van der Waals surface area (Å²) in [6.07, 6.45) is -14.8. The van der Waals surface area contributed by atoms with E-state index >= 15 is 44.7 Å². The third kappa shape index (κ3) is 21.7. The van der Waals surface area contributed by atoms with Crippen molar-refractivity contribution < 1.29 is 125 Å². The number of fused-ring (bicyclic) bond motifs is 2. The number of ether oxygens (including phenoxy) is 4. The number of piperazine rings is 1. The maximum atomic E-state index is 16.9. The minimum atomic E-state index is -5.59. The number of alkyl halides is 8. The van der Waals surface area contributed by atoms with Gasteiger partial charge in [0.05, 0.1) is 87.3 Å². The Labute approximate surface area is 613 Å². The fourth-order valence-corrected chi connectivity index (χ4v) is 14.0. The second kappa shape index (κ2) is 34.1. The van der Waals surface area contributed by atoms with Crippen LogP contribution in [0.1, 0.15) is 119 Å². The average Bonchev–Trinajstić information content (AvgIpc) is 1.61. The smallest absolute Gasteiger partial charge is 0.469 e. The van der Waals surface area contributed by atoms with Crippen LogP contribution in [0.2, 0.25) is 0 Å². The molecular weight excluding hydrogens is 1490 g/mol. The Morgan fingerprint density at radius 2 is 1.38 bits per heavy atom. The van der Waals surface area contributed by atoms with Gasteiger partial charge in [0.1, 0.15) is 35.8 Å². The second-order valence-electron chi connectivity index (χ2n) is 28.4. The van der Waals surface area contributed by atoms with Gasteiger partial charge in [-0.05, 0) is 93.1 Å². The number of alkyl carbamates (subject to hydrolysis) is 1. The van der Waals surface area contributed by atoms with E-state index in [-0.39, 0.29) is 26.9 Å². The molecule has 8 rings (SSSR count). The molecule has 7 N–H and O–H groups in total. The number of amides is 3. The number of Topliss-reactive ketones (excluding diaryl/α,β-unsaturated/α-hetero) is 1. The number of hydrogen-bond donors (Lipinski definition) is 7. The van der Waals surface area contributed by atoms with Gasteiger partial charge in [-0.25, -0.2) is 37.8 Å². The van der Waals surface area contributed by atoms with Gasteiger partial charge in [0.15, 0.2) is 5.78 Å². The van der Waals surface area contributed by atoms with Gasteiger partial charge in [-0.1, -0.05) is 57.7 Å². The van der Waals surface area contributed by atoms with Crippen molar-refractivity contribution in [1.82, 2.24) is 45.7 Å². The molecule has 3 aliphatic rings. The zero-order chi connectivity index (χ0) is 80.0. The van der Waals surface area contributed by atoms with E-state index in [1.54, 1.807) is 0 Å². The van der Waals surface area contributed by atoms with Crippen molar-refractivity contribution in [2.45, 2.75) is 155 Å². The predicted octanol–water partition coefficient (Wildman–Crippen LogP) is 9.05. The Bertz CT molecular complexity index is 4240. The maximum absolute atomic E-state index is 16.9. The molecule has 3 fully saturated rings. The minimum absolute atomic E-state index is 0.141. The molecule has 3 saturated heterocycles. The molecule has 0 aliphatic carbocycles. The molecule has 5 aromatic rings. The lowest BCUT2D eigenvalue weighted by Gasteiger charge is -2.47. The van der Waals surface area contributed by atoms with Crippen molar-refractivity contribution in [3.05, 3.63) is 124 Å². The maximum Gasteiger partial charge on any atom is 0.524 e. The molecule has 2 aromatic heterocycles. The summed E-state index contributed by atoms with van der Waals surface area (Å²) in [5, 5.41) is 8.03. The molecule has 3 aromatic carbocycles. The number of anilines is 1. The number of ketones is 1. The van der Waals surface area contributed by atoms with Gasteiger partial charge in [0.25, 0.3) is 0 Å². The number of nitrogens with one attached hydrogen (secondary N) is 3. The van der Waals surface area contributed by atoms with Crippen LogP contribution in [0.25, 0.3) is 11.3 Å². The first-order valence-corrected chi connectivity index (χ1v) is 36.9. The van der Waals surface area contributed by atoms with Gasteiger partial charge >= 0.3 is 52.4 Å². The molecule has 2 bridgehead atoms. The van der Waals surface area contributed by atoms with E-state index in [9.17, 15) is 56.7 Å². The standard InChI is InChI=1S/C69H82F10N10O17P2/c1-38-20-44(26-56(91)82-37-107(96,97)98)59(54(21-38)106-108(99,100)101)65(2,3)28-58(93)105-55(34-87(85-61(94)49(27-57(92)102-8)66(4,5)68(74,75)76)33-48-50(70)23-42(24-51(48)71)52-18-19-88(84-52)62(72)73)43(25-53(90)60(83-64(95)103-9)67(6,7)69(77,78)79)22-40-13-10-39(11-14-40)12-15-41-29-80-63(81-30-41)86-31-45-16-17-46(32-86)89(45)47-35-104-36-47/h10-11,13-14,18-21,23-24,29-30,43,45-47,49,55,60,62H,16-17,22,25-28,31-37H2,1-9H3,(H,82,91)(H,83,95)(H,85,94)(H2,96,97,98)(H2,99,100,101)/t43-,45?,46?,49-,55+,60-/m1/s1. The van der Waals surface area contributed by atoms with Crippen LogP contribution in [0.15, 0.2) is 73.2 Å². The first-order valence-electron chi connectivity index (χ1n) is 33.5. The summed E-state index contributed by atoms with van der Waals surface area (Å²) in [4.78, 5) is 138. The van der Waals surface area contributed by atoms with Crippen molar-refractivity contribution in [1.29, 1.82) is 0 Å². The lowest BCUT2D eigenvalue weighted by molar-refractivity contribution is -0.231. The van der Waals surface area contributed by atoms with Crippen molar-refractivity contribution in [3.8, 4) is 28.8 Å². The van der Waals surface area contributed by atoms with Gasteiger partial charge in [-0.3, -0.25) is 48.7 Å². The number of nitrogens with zero attached hydrogens (tertiary/aromatic N) is 7. The number of esters is 2. The summed E-state index contributed by atoms with van der Waals surface area (Å²) in [6, 6.07) is 8.68. The van der Waals surface area contributed by atoms with Crippen molar-refractivity contribution in [2.75, 3.05) is 58.3 Å². The number of carbonyl (C=O) groups excluding carboxylic acids is 6. The molecule has 0 radical (unpaired) electrons. The largest absolute Gasteiger partial charge is 0.524 e. The molecule has 27 nitrogen and oxygen atoms in total. The number of methoxy groups -OCH3 is 2. The summed E-state index contributed by atoms with van der Waals surface area (Å²) in [6.45, 7) is 2.96. The van der Waals surface area contributed by atoms with E-state index in [0.29, 0.717) is 106 Å². The van der Waals surface area contributed by atoms with Crippen LogP contribution in [0.4, 0.5) is 54.6 Å². The summed E-state index contributed by atoms with van der Waals surface area (Å²) in [7, 11) is -8.95. The van der Waals surface area contributed by atoms with Gasteiger partial charge in [0.2, 0.25) is 17.8 Å². The molecular formula is C69H82F10N10O17P2. The number of benzene rings is 3. The summed E-state index contributed by atoms with van der Waals surface area (Å²) < 4.78 is 203. The molecule has 2 unspecified atom stereocenters. The molecule has 39 heteroatoms. The highest BCUT2D eigenvalue weighted by Crippen LogP contribution is 2.48. The number of aromatic nitrogens is 4. The number of phosphoric ester groups is 1. The average molecular weight is 1580 g/mol. The second-order valence-corrected chi connectivity index (χ2v) is 31.2. The van der Waals surface area contributed by atoms with Crippen LogP contribution in [0, 0.1) is 53.1 Å². The number of halogens is 10. The van der Waals surface area contributed by atoms with Crippen LogP contribution < -0.4 is 25.5 Å². The topological polar surface area (TPSA) is 353 Å². The van der Waals surface area contributed by atoms with Crippen LogP contribution in [-0.4, -0.2) is 181 Å². The zero-order valence-electron chi connectivity index (χ0n) is 59.8. The van der Waals surface area contributed by atoms with Crippen molar-refractivity contribution in [3.63, 3.8) is 0 Å². The Balaban J connectivity index is 1.27. The van der Waals surface area contributed by atoms with Crippen LogP contribution in [0.3, 0.4) is 0 Å². The minimum Gasteiger partial charge on any atom is -0.469 e. The Morgan fingerprint density at radius 3 is 1.91 bits per heavy atom. The summed E-state index contributed by atoms with van der Waals surface area (Å²) in [5.74, 6) is -8.83. The molecule has 3 aliphatic heterocycles. The number of rotatable bonds is 31. The van der Waals surface area contributed by atoms with E-state index in [4.69, 9.17) is 14.0 Å². The molecule has 0 spiro atoms. The van der Waals surface area contributed by atoms with Gasteiger partial charge in [0, 0.05) is 90.3 Å². The fraction of sp³-hybridized carbons (Fsp3) is 0.522. The molecule has 5 heterocycles. The fourth-order valence-electron chi connectivity index (χ4n) is 13.2. The monoisotopic (exact) mass is 1570 g/mol. The number of phosphoric acid groups is 1. The van der Waals surface area contributed by atoms with Crippen molar-refractivity contribution in [2.24, 2.45) is 22.7 Å². The zero-order valence-corrected chi connectivity index (χ0v) is 61.6. The van der Waals surface area contributed by atoms with E-state index < -0.39 is 196 Å². The van der Waals surface area contributed by atoms with Crippen LogP contribution >= 0.6 is 15.4 Å². The van der Waals surface area contributed by atoms with Crippen LogP contribution in [0.5, 0.6) is 5.75 Å². The van der Waals surface area contributed by atoms with Crippen molar-refractivity contribution >= 4 is 57.0 Å². The van der Waals surface area contributed by atoms with Gasteiger partial charge in [-0.15, -0.1) is 0 Å². The Morgan fingerprint density at radius 1 is 0.778 bits per heavy atom. The molecule has 3 amide bonds. The number of hydrazine groups is 1. The highest BCUT2D eigenvalue weighted by molar-refractivity contribution is 7.51. The highest BCUT2D eigenvalue weighted by atomic mass is 31.2. The van der Waals surface area contributed by atoms with Gasteiger partial charge in [-0.2, -0.15) is 40.2 Å². The SMILES string of the molecule is COC(=O)C[C@H](C(=O)NN(Cc1c(F)cc(-c2ccn(C(F)F)n2)cc1F)C[C@H](OC(=O)CC(C)(C)c1c(CC(=O)NCP(=O)(O)O)cc(C)cc1OP(=O)(O)O)[C@@H](CC(=O)[C@@H](NC(=O)OC)C(C)(C)C(F)(F)F)Cc1ccc(C#Cc2cnc(N3CC4CCC(C3)N4C3COC3)nc2)cc1)C(C)(C)C(F)(F)F. The number of aryl methyl sites for hydroxylation is 1. The predicted molar refractivity (Wildman–Crippen MR) is 363 cm³/mol. The Kier molecular flexibility index (Phi) is 26.9. The number of hydrogen-bond acceptors (Lipinski definition) is 19. The van der Waals surface area contributed by atoms with Crippen LogP contribution in [-0.2, 0) is 76.9 Å².